The van der Waals surface area contributed by atoms with Crippen LogP contribution in [0.25, 0.3) is 11.3 Å². The fraction of sp³-hybridized carbons (Fsp3) is 0.389. The van der Waals surface area contributed by atoms with Gasteiger partial charge in [-0.2, -0.15) is 0 Å². The molecule has 2 heterocycles. The molecule has 0 spiro atoms. The zero-order valence-corrected chi connectivity index (χ0v) is 16.2. The van der Waals surface area contributed by atoms with Crippen LogP contribution in [-0.2, 0) is 4.79 Å². The van der Waals surface area contributed by atoms with E-state index in [-0.39, 0.29) is 12.4 Å². The Kier molecular flexibility index (Phi) is 5.02. The molecular formula is C18H23N5O3S. The fourth-order valence-corrected chi connectivity index (χ4v) is 3.93. The van der Waals surface area contributed by atoms with E-state index in [4.69, 9.17) is 11.5 Å². The Morgan fingerprint density at radius 1 is 1.37 bits per heavy atom. The SMILES string of the molecule is Cc1ccc(-c2nc(NC(C)(C)CO)nc3c2C(N)C(C(N)=O)S3)cc1O. The van der Waals surface area contributed by atoms with Crippen LogP contribution in [0.3, 0.4) is 0 Å². The van der Waals surface area contributed by atoms with E-state index in [0.717, 1.165) is 5.56 Å². The molecule has 0 fully saturated rings. The summed E-state index contributed by atoms with van der Waals surface area (Å²) >= 11 is 1.20. The van der Waals surface area contributed by atoms with E-state index in [1.807, 2.05) is 19.9 Å². The zero-order valence-electron chi connectivity index (χ0n) is 15.4. The number of nitrogens with one attached hydrogen (secondary N) is 1. The van der Waals surface area contributed by atoms with Crippen LogP contribution < -0.4 is 16.8 Å². The number of rotatable bonds is 5. The quantitative estimate of drug-likeness (QED) is 0.481. The van der Waals surface area contributed by atoms with E-state index in [1.54, 1.807) is 19.1 Å². The number of phenolic OH excluding ortho intramolecular Hbond substituents is 1. The van der Waals surface area contributed by atoms with E-state index in [2.05, 4.69) is 15.3 Å². The van der Waals surface area contributed by atoms with Crippen LogP contribution in [0, 0.1) is 6.92 Å². The van der Waals surface area contributed by atoms with Crippen LogP contribution in [0.4, 0.5) is 5.95 Å². The van der Waals surface area contributed by atoms with Gasteiger partial charge in [-0.25, -0.2) is 9.97 Å². The van der Waals surface area contributed by atoms with Crippen molar-refractivity contribution in [2.75, 3.05) is 11.9 Å². The summed E-state index contributed by atoms with van der Waals surface area (Å²) < 4.78 is 0. The molecule has 0 radical (unpaired) electrons. The summed E-state index contributed by atoms with van der Waals surface area (Å²) in [7, 11) is 0. The molecule has 7 N–H and O–H groups in total. The number of carbonyl (C=O) groups is 1. The number of phenols is 1. The van der Waals surface area contributed by atoms with Gasteiger partial charge in [-0.15, -0.1) is 0 Å². The zero-order chi connectivity index (χ0) is 19.9. The number of aryl methyl sites for hydroxylation is 1. The largest absolute Gasteiger partial charge is 0.508 e. The van der Waals surface area contributed by atoms with Crippen LogP contribution in [0.5, 0.6) is 5.75 Å². The number of aliphatic hydroxyl groups excluding tert-OH is 1. The van der Waals surface area contributed by atoms with Gasteiger partial charge in [0.1, 0.15) is 16.0 Å². The van der Waals surface area contributed by atoms with Crippen molar-refractivity contribution in [3.8, 4) is 17.0 Å². The molecule has 1 amide bonds. The summed E-state index contributed by atoms with van der Waals surface area (Å²) in [4.78, 5) is 20.8. The normalized spacial score (nSPS) is 19.0. The third-order valence-electron chi connectivity index (χ3n) is 4.42. The highest BCUT2D eigenvalue weighted by atomic mass is 32.2. The van der Waals surface area contributed by atoms with Crippen LogP contribution in [0.2, 0.25) is 0 Å². The Morgan fingerprint density at radius 3 is 2.67 bits per heavy atom. The lowest BCUT2D eigenvalue weighted by molar-refractivity contribution is -0.117. The van der Waals surface area contributed by atoms with Gasteiger partial charge < -0.3 is 27.0 Å². The molecule has 0 saturated heterocycles. The number of aliphatic hydroxyl groups is 1. The summed E-state index contributed by atoms with van der Waals surface area (Å²) in [6.45, 7) is 5.30. The number of nitrogens with two attached hydrogens (primary N) is 2. The third kappa shape index (κ3) is 3.71. The molecule has 2 aromatic rings. The smallest absolute Gasteiger partial charge is 0.232 e. The van der Waals surface area contributed by atoms with Gasteiger partial charge >= 0.3 is 0 Å². The van der Waals surface area contributed by atoms with E-state index in [1.165, 1.54) is 11.8 Å². The van der Waals surface area contributed by atoms with Crippen LogP contribution >= 0.6 is 11.8 Å². The van der Waals surface area contributed by atoms with Crippen molar-refractivity contribution in [1.82, 2.24) is 9.97 Å². The topological polar surface area (TPSA) is 147 Å². The number of fused-ring (bicyclic) bond motifs is 1. The second kappa shape index (κ2) is 6.99. The molecule has 27 heavy (non-hydrogen) atoms. The average molecular weight is 389 g/mol. The number of aromatic nitrogens is 2. The van der Waals surface area contributed by atoms with E-state index >= 15 is 0 Å². The van der Waals surface area contributed by atoms with Crippen LogP contribution in [0.1, 0.15) is 31.0 Å². The second-order valence-electron chi connectivity index (χ2n) is 7.25. The van der Waals surface area contributed by atoms with Gasteiger partial charge in [0, 0.05) is 11.1 Å². The molecule has 2 unspecified atom stereocenters. The first-order valence-electron chi connectivity index (χ1n) is 8.45. The summed E-state index contributed by atoms with van der Waals surface area (Å²) in [5.74, 6) is -0.0863. The maximum atomic E-state index is 11.8. The minimum absolute atomic E-state index is 0.120. The first kappa shape index (κ1) is 19.4. The molecule has 1 aliphatic rings. The Bertz CT molecular complexity index is 903. The van der Waals surface area contributed by atoms with Crippen molar-refractivity contribution in [2.24, 2.45) is 11.5 Å². The fourth-order valence-electron chi connectivity index (χ4n) is 2.79. The Labute approximate surface area is 161 Å². The highest BCUT2D eigenvalue weighted by molar-refractivity contribution is 8.01. The maximum absolute atomic E-state index is 11.8. The molecular weight excluding hydrogens is 366 g/mol. The van der Waals surface area contributed by atoms with Gasteiger partial charge in [0.2, 0.25) is 11.9 Å². The molecule has 0 saturated carbocycles. The van der Waals surface area contributed by atoms with Crippen molar-refractivity contribution in [1.29, 1.82) is 0 Å². The summed E-state index contributed by atoms with van der Waals surface area (Å²) in [6.07, 6.45) is 0. The van der Waals surface area contributed by atoms with Gasteiger partial charge in [-0.1, -0.05) is 23.9 Å². The van der Waals surface area contributed by atoms with Crippen molar-refractivity contribution in [3.63, 3.8) is 0 Å². The molecule has 0 aliphatic carbocycles. The standard InChI is InChI=1S/C18H23N5O3S/c1-8-4-5-9(6-10(8)25)13-11-12(19)14(15(20)26)27-16(11)22-17(21-13)23-18(2,3)7-24/h4-6,12,14,24-25H,7,19H2,1-3H3,(H2,20,26)(H,21,22,23). The van der Waals surface area contributed by atoms with Gasteiger partial charge in [0.15, 0.2) is 0 Å². The predicted molar refractivity (Wildman–Crippen MR) is 104 cm³/mol. The number of primary amides is 1. The molecule has 3 rings (SSSR count). The molecule has 9 heteroatoms. The molecule has 1 aliphatic heterocycles. The molecule has 0 bridgehead atoms. The summed E-state index contributed by atoms with van der Waals surface area (Å²) in [6, 6.07) is 4.56. The van der Waals surface area contributed by atoms with Crippen LogP contribution in [-0.4, -0.2) is 43.5 Å². The molecule has 1 aromatic carbocycles. The molecule has 1 aromatic heterocycles. The number of amides is 1. The van der Waals surface area contributed by atoms with Crippen molar-refractivity contribution in [2.45, 2.75) is 42.6 Å². The van der Waals surface area contributed by atoms with E-state index < -0.39 is 22.7 Å². The number of anilines is 1. The number of nitrogens with zero attached hydrogens (tertiary/aromatic N) is 2. The number of hydrogen-bond donors (Lipinski definition) is 5. The number of benzene rings is 1. The van der Waals surface area contributed by atoms with Gasteiger partial charge in [-0.3, -0.25) is 4.79 Å². The van der Waals surface area contributed by atoms with Gasteiger partial charge in [0.05, 0.1) is 23.9 Å². The Balaban J connectivity index is 2.17. The first-order valence-corrected chi connectivity index (χ1v) is 9.33. The summed E-state index contributed by atoms with van der Waals surface area (Å²) in [5, 5.41) is 22.6. The lowest BCUT2D eigenvalue weighted by Crippen LogP contribution is -2.36. The minimum Gasteiger partial charge on any atom is -0.508 e. The van der Waals surface area contributed by atoms with Crippen molar-refractivity contribution < 1.29 is 15.0 Å². The van der Waals surface area contributed by atoms with E-state index in [9.17, 15) is 15.0 Å². The van der Waals surface area contributed by atoms with Crippen LogP contribution in [0.15, 0.2) is 23.2 Å². The maximum Gasteiger partial charge on any atom is 0.232 e. The van der Waals surface area contributed by atoms with Gasteiger partial charge in [0.25, 0.3) is 0 Å². The summed E-state index contributed by atoms with van der Waals surface area (Å²) in [5.41, 5.74) is 13.7. The Morgan fingerprint density at radius 2 is 2.07 bits per heavy atom. The predicted octanol–water partition coefficient (Wildman–Crippen LogP) is 1.30. The molecule has 144 valence electrons. The lowest BCUT2D eigenvalue weighted by atomic mass is 9.98. The third-order valence-corrected chi connectivity index (χ3v) is 5.73. The Hall–Kier alpha value is -2.36. The number of carbonyl (C=O) groups excluding carboxylic acids is 1. The second-order valence-corrected chi connectivity index (χ2v) is 8.38. The highest BCUT2D eigenvalue weighted by Crippen LogP contribution is 2.46. The van der Waals surface area contributed by atoms with Crippen molar-refractivity contribution in [3.05, 3.63) is 29.3 Å². The minimum atomic E-state index is -0.652. The van der Waals surface area contributed by atoms with Gasteiger partial charge in [-0.05, 0) is 32.4 Å². The highest BCUT2D eigenvalue weighted by Gasteiger charge is 2.39. The number of thioether (sulfide) groups is 1. The lowest BCUT2D eigenvalue weighted by Gasteiger charge is -2.24. The molecule has 2 atom stereocenters. The first-order chi connectivity index (χ1) is 12.6. The molecule has 8 nitrogen and oxygen atoms in total. The number of aromatic hydroxyl groups is 1. The van der Waals surface area contributed by atoms with Crippen molar-refractivity contribution >= 4 is 23.6 Å². The monoisotopic (exact) mass is 389 g/mol. The average Bonchev–Trinajstić information content (AvgIpc) is 2.93. The van der Waals surface area contributed by atoms with E-state index in [0.29, 0.717) is 27.8 Å². The number of hydrogen-bond acceptors (Lipinski definition) is 8.